The van der Waals surface area contributed by atoms with Gasteiger partial charge in [-0.05, 0) is 49.4 Å². The van der Waals surface area contributed by atoms with Crippen LogP contribution in [0.4, 0.5) is 5.82 Å². The van der Waals surface area contributed by atoms with E-state index in [0.29, 0.717) is 38.1 Å². The minimum atomic E-state index is -1.28. The second-order valence-corrected chi connectivity index (χ2v) is 10.4. The second-order valence-electron chi connectivity index (χ2n) is 10.4. The number of carboxylic acid groups (broad SMARTS) is 1. The molecule has 1 unspecified atom stereocenters. The maximum Gasteiger partial charge on any atom is 0.347 e. The van der Waals surface area contributed by atoms with E-state index in [1.165, 1.54) is 9.25 Å². The Hall–Kier alpha value is -3.88. The van der Waals surface area contributed by atoms with E-state index < -0.39 is 22.8 Å². The second kappa shape index (κ2) is 15.1. The molecule has 0 aliphatic carbocycles. The average molecular weight is 551 g/mol. The number of hydrogen-bond acceptors (Lipinski definition) is 6. The largest absolute Gasteiger partial charge is 0.478 e. The summed E-state index contributed by atoms with van der Waals surface area (Å²) >= 11 is 0. The monoisotopic (exact) mass is 550 g/mol. The lowest BCUT2D eigenvalue weighted by molar-refractivity contribution is -0.154. The van der Waals surface area contributed by atoms with Crippen molar-refractivity contribution in [2.75, 3.05) is 11.9 Å². The van der Waals surface area contributed by atoms with Crippen LogP contribution in [0.2, 0.25) is 0 Å². The summed E-state index contributed by atoms with van der Waals surface area (Å²) in [6.45, 7) is 6.74. The summed E-state index contributed by atoms with van der Waals surface area (Å²) < 4.78 is 8.44. The van der Waals surface area contributed by atoms with Crippen molar-refractivity contribution in [2.24, 2.45) is 0 Å². The Morgan fingerprint density at radius 2 is 1.65 bits per heavy atom. The zero-order valence-electron chi connectivity index (χ0n) is 23.9. The standard InChI is InChI=1S/C31H42N4O5/c1-4-6-7-8-12-22-35-30(39)34(23-25-13-10-9-11-14-25)28(36)27(33-35)32-21-19-24-15-17-26(18-16-24)40-31(3,20-5-2)29(37)38/h9-11,13-18H,4-8,12,19-23H2,1-3H3,(H,32,33)(H,37,38). The maximum absolute atomic E-state index is 13.2. The van der Waals surface area contributed by atoms with E-state index in [4.69, 9.17) is 4.74 Å². The van der Waals surface area contributed by atoms with Gasteiger partial charge in [-0.25, -0.2) is 14.3 Å². The molecule has 3 aromatic rings. The predicted molar refractivity (Wildman–Crippen MR) is 157 cm³/mol. The SMILES string of the molecule is CCCCCCCn1nc(NCCc2ccc(OC(C)(CCC)C(=O)O)cc2)c(=O)n(Cc2ccccc2)c1=O. The molecule has 0 bridgehead atoms. The topological polar surface area (TPSA) is 115 Å². The van der Waals surface area contributed by atoms with Gasteiger partial charge in [-0.2, -0.15) is 0 Å². The molecule has 9 nitrogen and oxygen atoms in total. The van der Waals surface area contributed by atoms with Crippen LogP contribution in [-0.2, 0) is 24.3 Å². The van der Waals surface area contributed by atoms with Crippen LogP contribution in [-0.4, -0.2) is 37.6 Å². The Labute approximate surface area is 235 Å². The Kier molecular flexibility index (Phi) is 11.5. The highest BCUT2D eigenvalue weighted by Crippen LogP contribution is 2.23. The van der Waals surface area contributed by atoms with Crippen molar-refractivity contribution >= 4 is 11.8 Å². The van der Waals surface area contributed by atoms with E-state index in [2.05, 4.69) is 17.3 Å². The van der Waals surface area contributed by atoms with Crippen LogP contribution >= 0.6 is 0 Å². The fraction of sp³-hybridized carbons (Fsp3) is 0.484. The average Bonchev–Trinajstić information content (AvgIpc) is 2.94. The fourth-order valence-corrected chi connectivity index (χ4v) is 4.58. The molecule has 216 valence electrons. The van der Waals surface area contributed by atoms with Crippen LogP contribution in [0.1, 0.15) is 76.8 Å². The van der Waals surface area contributed by atoms with Gasteiger partial charge in [-0.1, -0.05) is 88.4 Å². The van der Waals surface area contributed by atoms with Crippen LogP contribution in [0, 0.1) is 0 Å². The zero-order valence-corrected chi connectivity index (χ0v) is 23.9. The van der Waals surface area contributed by atoms with Gasteiger partial charge in [0.1, 0.15) is 5.75 Å². The Morgan fingerprint density at radius 1 is 0.950 bits per heavy atom. The summed E-state index contributed by atoms with van der Waals surface area (Å²) in [4.78, 5) is 38.1. The van der Waals surface area contributed by atoms with Crippen molar-refractivity contribution in [1.29, 1.82) is 0 Å². The van der Waals surface area contributed by atoms with Gasteiger partial charge in [-0.3, -0.25) is 9.36 Å². The van der Waals surface area contributed by atoms with Gasteiger partial charge in [0.2, 0.25) is 11.4 Å². The van der Waals surface area contributed by atoms with Crippen LogP contribution in [0.5, 0.6) is 5.75 Å². The summed E-state index contributed by atoms with van der Waals surface area (Å²) in [5, 5.41) is 17.1. The van der Waals surface area contributed by atoms with Crippen LogP contribution in [0.3, 0.4) is 0 Å². The van der Waals surface area contributed by atoms with Gasteiger partial charge in [0, 0.05) is 13.1 Å². The van der Waals surface area contributed by atoms with Gasteiger partial charge < -0.3 is 15.2 Å². The van der Waals surface area contributed by atoms with Gasteiger partial charge in [0.25, 0.3) is 5.56 Å². The van der Waals surface area contributed by atoms with E-state index >= 15 is 0 Å². The first-order valence-corrected chi connectivity index (χ1v) is 14.3. The van der Waals surface area contributed by atoms with E-state index in [-0.39, 0.29) is 12.4 Å². The normalized spacial score (nSPS) is 12.6. The third kappa shape index (κ3) is 8.56. The lowest BCUT2D eigenvalue weighted by atomic mass is 10.0. The van der Waals surface area contributed by atoms with Gasteiger partial charge in [-0.15, -0.1) is 5.10 Å². The number of aliphatic carboxylic acids is 1. The number of aromatic nitrogens is 3. The molecule has 0 fully saturated rings. The van der Waals surface area contributed by atoms with Crippen molar-refractivity contribution in [1.82, 2.24) is 14.3 Å². The number of aryl methyl sites for hydroxylation is 1. The Balaban J connectivity index is 1.71. The molecule has 0 aliphatic heterocycles. The molecule has 1 atom stereocenters. The highest BCUT2D eigenvalue weighted by Gasteiger charge is 2.34. The molecule has 1 heterocycles. The lowest BCUT2D eigenvalue weighted by Crippen LogP contribution is -2.43. The number of ether oxygens (including phenoxy) is 1. The van der Waals surface area contributed by atoms with Crippen molar-refractivity contribution in [3.63, 3.8) is 0 Å². The van der Waals surface area contributed by atoms with Gasteiger partial charge in [0.05, 0.1) is 6.54 Å². The molecule has 0 spiro atoms. The summed E-state index contributed by atoms with van der Waals surface area (Å²) in [5.41, 5.74) is -0.261. The third-order valence-corrected chi connectivity index (χ3v) is 6.93. The smallest absolute Gasteiger partial charge is 0.347 e. The van der Waals surface area contributed by atoms with Gasteiger partial charge in [0.15, 0.2) is 0 Å². The number of carboxylic acids is 1. The molecule has 40 heavy (non-hydrogen) atoms. The molecule has 9 heteroatoms. The maximum atomic E-state index is 13.2. The highest BCUT2D eigenvalue weighted by molar-refractivity contribution is 5.77. The predicted octanol–water partition coefficient (Wildman–Crippen LogP) is 5.10. The van der Waals surface area contributed by atoms with E-state index in [9.17, 15) is 19.5 Å². The number of nitrogens with one attached hydrogen (secondary N) is 1. The Morgan fingerprint density at radius 3 is 2.30 bits per heavy atom. The number of benzene rings is 2. The number of rotatable bonds is 17. The highest BCUT2D eigenvalue weighted by atomic mass is 16.5. The molecule has 0 saturated heterocycles. The lowest BCUT2D eigenvalue weighted by Gasteiger charge is -2.26. The molecule has 0 amide bonds. The van der Waals surface area contributed by atoms with Crippen molar-refractivity contribution in [3.05, 3.63) is 86.6 Å². The zero-order chi connectivity index (χ0) is 29.0. The summed E-state index contributed by atoms with van der Waals surface area (Å²) in [5.74, 6) is -0.345. The third-order valence-electron chi connectivity index (χ3n) is 6.93. The van der Waals surface area contributed by atoms with E-state index in [0.717, 1.165) is 43.2 Å². The number of unbranched alkanes of at least 4 members (excludes halogenated alkanes) is 4. The first-order valence-electron chi connectivity index (χ1n) is 14.3. The minimum absolute atomic E-state index is 0.154. The molecule has 0 radical (unpaired) electrons. The number of nitrogens with zero attached hydrogens (tertiary/aromatic N) is 3. The van der Waals surface area contributed by atoms with Crippen molar-refractivity contribution in [2.45, 2.75) is 90.8 Å². The van der Waals surface area contributed by atoms with Gasteiger partial charge >= 0.3 is 11.7 Å². The molecule has 3 rings (SSSR count). The first-order chi connectivity index (χ1) is 19.3. The number of hydrogen-bond donors (Lipinski definition) is 2. The molecule has 2 aromatic carbocycles. The molecule has 0 saturated carbocycles. The van der Waals surface area contributed by atoms with E-state index in [1.54, 1.807) is 19.1 Å². The quantitative estimate of drug-likeness (QED) is 0.225. The van der Waals surface area contributed by atoms with E-state index in [1.807, 2.05) is 49.4 Å². The van der Waals surface area contributed by atoms with Crippen molar-refractivity contribution < 1.29 is 14.6 Å². The summed E-state index contributed by atoms with van der Waals surface area (Å²) in [6, 6.07) is 16.7. The molecule has 0 aliphatic rings. The number of anilines is 1. The Bertz CT molecular complexity index is 1330. The molecular formula is C31H42N4O5. The van der Waals surface area contributed by atoms with Crippen LogP contribution in [0.25, 0.3) is 0 Å². The minimum Gasteiger partial charge on any atom is -0.478 e. The van der Waals surface area contributed by atoms with Crippen LogP contribution < -0.4 is 21.3 Å². The molecule has 1 aromatic heterocycles. The number of carbonyl (C=O) groups is 1. The summed E-state index contributed by atoms with van der Waals surface area (Å²) in [7, 11) is 0. The summed E-state index contributed by atoms with van der Waals surface area (Å²) in [6.07, 6.45) is 6.94. The molecule has 2 N–H and O–H groups in total. The molecular weight excluding hydrogens is 508 g/mol. The fourth-order valence-electron chi connectivity index (χ4n) is 4.58. The van der Waals surface area contributed by atoms with Crippen molar-refractivity contribution in [3.8, 4) is 5.75 Å². The van der Waals surface area contributed by atoms with Crippen LogP contribution in [0.15, 0.2) is 64.2 Å². The first kappa shape index (κ1) is 30.7.